The molecule has 1 N–H and O–H groups in total. The van der Waals surface area contributed by atoms with E-state index in [2.05, 4.69) is 5.32 Å². The minimum Gasteiger partial charge on any atom is -0.496 e. The second-order valence-electron chi connectivity index (χ2n) is 6.45. The molecule has 1 saturated heterocycles. The molecule has 0 saturated carbocycles. The van der Waals surface area contributed by atoms with Crippen LogP contribution < -0.4 is 10.1 Å². The van der Waals surface area contributed by atoms with Crippen LogP contribution in [0.3, 0.4) is 0 Å². The van der Waals surface area contributed by atoms with Crippen molar-refractivity contribution in [1.29, 1.82) is 0 Å². The van der Waals surface area contributed by atoms with Crippen molar-refractivity contribution in [2.24, 2.45) is 0 Å². The number of aryl methyl sites for hydroxylation is 1. The second-order valence-corrected chi connectivity index (χ2v) is 7.30. The molecular formula is C20H20Cl2N2O3. The molecule has 1 unspecified atom stereocenters. The molecule has 142 valence electrons. The van der Waals surface area contributed by atoms with E-state index in [1.54, 1.807) is 42.3 Å². The number of ether oxygens (including phenoxy) is 1. The van der Waals surface area contributed by atoms with Gasteiger partial charge in [-0.15, -0.1) is 0 Å². The van der Waals surface area contributed by atoms with Gasteiger partial charge in [-0.2, -0.15) is 0 Å². The molecule has 5 nitrogen and oxygen atoms in total. The van der Waals surface area contributed by atoms with Crippen molar-refractivity contribution in [1.82, 2.24) is 4.90 Å². The monoisotopic (exact) mass is 406 g/mol. The zero-order chi connectivity index (χ0) is 19.6. The van der Waals surface area contributed by atoms with E-state index in [-0.39, 0.29) is 11.8 Å². The first-order valence-corrected chi connectivity index (χ1v) is 9.38. The number of amides is 2. The van der Waals surface area contributed by atoms with Gasteiger partial charge in [-0.3, -0.25) is 9.59 Å². The van der Waals surface area contributed by atoms with E-state index in [0.29, 0.717) is 40.0 Å². The van der Waals surface area contributed by atoms with Crippen LogP contribution in [-0.2, 0) is 4.79 Å². The number of rotatable bonds is 4. The molecule has 1 aliphatic rings. The SMILES string of the molecule is COc1cc(C(=O)N2CCCC2C(=O)Nc2ccc(Cl)cc2Cl)ccc1C. The van der Waals surface area contributed by atoms with E-state index in [0.717, 1.165) is 12.0 Å². The zero-order valence-electron chi connectivity index (χ0n) is 15.1. The van der Waals surface area contributed by atoms with Crippen LogP contribution in [0.15, 0.2) is 36.4 Å². The summed E-state index contributed by atoms with van der Waals surface area (Å²) >= 11 is 12.0. The lowest BCUT2D eigenvalue weighted by molar-refractivity contribution is -0.119. The number of methoxy groups -OCH3 is 1. The second kappa shape index (κ2) is 8.19. The van der Waals surface area contributed by atoms with Crippen molar-refractivity contribution in [2.75, 3.05) is 19.0 Å². The van der Waals surface area contributed by atoms with Gasteiger partial charge in [0.05, 0.1) is 17.8 Å². The average Bonchev–Trinajstić information content (AvgIpc) is 3.13. The van der Waals surface area contributed by atoms with Crippen molar-refractivity contribution in [3.05, 3.63) is 57.6 Å². The van der Waals surface area contributed by atoms with E-state index < -0.39 is 6.04 Å². The predicted molar refractivity (Wildman–Crippen MR) is 107 cm³/mol. The standard InChI is InChI=1S/C20H20Cl2N2O3/c1-12-5-6-13(10-18(12)27-2)20(26)24-9-3-4-17(24)19(25)23-16-8-7-14(21)11-15(16)22/h5-8,10-11,17H,3-4,9H2,1-2H3,(H,23,25). The van der Waals surface area contributed by atoms with E-state index in [1.807, 2.05) is 13.0 Å². The van der Waals surface area contributed by atoms with Crippen LogP contribution in [-0.4, -0.2) is 36.4 Å². The number of anilines is 1. The Kier molecular flexibility index (Phi) is 5.92. The number of hydrogen-bond donors (Lipinski definition) is 1. The van der Waals surface area contributed by atoms with Crippen LogP contribution in [0.2, 0.25) is 10.0 Å². The fourth-order valence-electron chi connectivity index (χ4n) is 3.21. The summed E-state index contributed by atoms with van der Waals surface area (Å²) in [4.78, 5) is 27.3. The minimum atomic E-state index is -0.545. The van der Waals surface area contributed by atoms with Gasteiger partial charge in [-0.05, 0) is 55.7 Å². The van der Waals surface area contributed by atoms with Crippen molar-refractivity contribution < 1.29 is 14.3 Å². The van der Waals surface area contributed by atoms with Crippen molar-refractivity contribution in [3.8, 4) is 5.75 Å². The first-order chi connectivity index (χ1) is 12.9. The Morgan fingerprint density at radius 2 is 1.96 bits per heavy atom. The maximum absolute atomic E-state index is 13.0. The summed E-state index contributed by atoms with van der Waals surface area (Å²) in [5.74, 6) is 0.200. The number of nitrogens with zero attached hydrogens (tertiary/aromatic N) is 1. The molecule has 27 heavy (non-hydrogen) atoms. The Hall–Kier alpha value is -2.24. The normalized spacial score (nSPS) is 16.3. The quantitative estimate of drug-likeness (QED) is 0.809. The van der Waals surface area contributed by atoms with Crippen LogP contribution in [0.4, 0.5) is 5.69 Å². The van der Waals surface area contributed by atoms with Crippen LogP contribution in [0, 0.1) is 6.92 Å². The lowest BCUT2D eigenvalue weighted by atomic mass is 10.1. The van der Waals surface area contributed by atoms with E-state index >= 15 is 0 Å². The third-order valence-corrected chi connectivity index (χ3v) is 5.21. The summed E-state index contributed by atoms with van der Waals surface area (Å²) in [5, 5.41) is 3.65. The number of carbonyl (C=O) groups excluding carboxylic acids is 2. The Balaban J connectivity index is 1.78. The summed E-state index contributed by atoms with van der Waals surface area (Å²) in [6, 6.07) is 9.62. The van der Waals surface area contributed by atoms with E-state index in [1.165, 1.54) is 0 Å². The van der Waals surface area contributed by atoms with Gasteiger partial charge in [0.25, 0.3) is 5.91 Å². The molecule has 2 aromatic rings. The number of carbonyl (C=O) groups is 2. The molecule has 0 spiro atoms. The van der Waals surface area contributed by atoms with Crippen molar-refractivity contribution in [2.45, 2.75) is 25.8 Å². The summed E-state index contributed by atoms with van der Waals surface area (Å²) < 4.78 is 5.30. The Morgan fingerprint density at radius 3 is 2.67 bits per heavy atom. The molecular weight excluding hydrogens is 387 g/mol. The Morgan fingerprint density at radius 1 is 1.19 bits per heavy atom. The van der Waals surface area contributed by atoms with Gasteiger partial charge in [0, 0.05) is 17.1 Å². The summed E-state index contributed by atoms with van der Waals surface area (Å²) in [6.45, 7) is 2.44. The highest BCUT2D eigenvalue weighted by atomic mass is 35.5. The molecule has 1 fully saturated rings. The number of likely N-dealkylation sites (tertiary alicyclic amines) is 1. The van der Waals surface area contributed by atoms with Crippen molar-refractivity contribution in [3.63, 3.8) is 0 Å². The molecule has 2 aromatic carbocycles. The molecule has 2 amide bonds. The molecule has 1 aliphatic heterocycles. The van der Waals surface area contributed by atoms with Gasteiger partial charge in [0.2, 0.25) is 5.91 Å². The minimum absolute atomic E-state index is 0.187. The zero-order valence-corrected chi connectivity index (χ0v) is 16.6. The van der Waals surface area contributed by atoms with Gasteiger partial charge >= 0.3 is 0 Å². The molecule has 0 aliphatic carbocycles. The molecule has 0 aromatic heterocycles. The Labute approximate surface area is 168 Å². The largest absolute Gasteiger partial charge is 0.496 e. The highest BCUT2D eigenvalue weighted by molar-refractivity contribution is 6.36. The molecule has 7 heteroatoms. The average molecular weight is 407 g/mol. The van der Waals surface area contributed by atoms with Crippen LogP contribution in [0.25, 0.3) is 0 Å². The van der Waals surface area contributed by atoms with Gasteiger partial charge in [0.15, 0.2) is 0 Å². The van der Waals surface area contributed by atoms with Gasteiger partial charge < -0.3 is 15.0 Å². The smallest absolute Gasteiger partial charge is 0.254 e. The third-order valence-electron chi connectivity index (χ3n) is 4.66. The molecule has 0 bridgehead atoms. The van der Waals surface area contributed by atoms with E-state index in [9.17, 15) is 9.59 Å². The topological polar surface area (TPSA) is 58.6 Å². The number of hydrogen-bond acceptors (Lipinski definition) is 3. The third kappa shape index (κ3) is 4.20. The maximum Gasteiger partial charge on any atom is 0.254 e. The maximum atomic E-state index is 13.0. The molecule has 1 atom stereocenters. The molecule has 3 rings (SSSR count). The summed E-state index contributed by atoms with van der Waals surface area (Å²) in [6.07, 6.45) is 1.37. The Bertz CT molecular complexity index is 886. The van der Waals surface area contributed by atoms with Gasteiger partial charge in [0.1, 0.15) is 11.8 Å². The lowest BCUT2D eigenvalue weighted by Gasteiger charge is -2.24. The predicted octanol–water partition coefficient (Wildman–Crippen LogP) is 4.55. The fourth-order valence-corrected chi connectivity index (χ4v) is 3.66. The first-order valence-electron chi connectivity index (χ1n) is 8.62. The van der Waals surface area contributed by atoms with Crippen LogP contribution in [0.1, 0.15) is 28.8 Å². The highest BCUT2D eigenvalue weighted by Crippen LogP contribution is 2.28. The summed E-state index contributed by atoms with van der Waals surface area (Å²) in [5.41, 5.74) is 1.92. The molecule has 1 heterocycles. The number of nitrogens with one attached hydrogen (secondary N) is 1. The van der Waals surface area contributed by atoms with Gasteiger partial charge in [-0.25, -0.2) is 0 Å². The molecule has 0 radical (unpaired) electrons. The first kappa shape index (κ1) is 19.5. The highest BCUT2D eigenvalue weighted by Gasteiger charge is 2.35. The van der Waals surface area contributed by atoms with Crippen LogP contribution >= 0.6 is 23.2 Å². The fraction of sp³-hybridized carbons (Fsp3) is 0.300. The lowest BCUT2D eigenvalue weighted by Crippen LogP contribution is -2.43. The van der Waals surface area contributed by atoms with Gasteiger partial charge in [-0.1, -0.05) is 29.3 Å². The van der Waals surface area contributed by atoms with Crippen LogP contribution in [0.5, 0.6) is 5.75 Å². The van der Waals surface area contributed by atoms with Crippen molar-refractivity contribution >= 4 is 40.7 Å². The number of halogens is 2. The van der Waals surface area contributed by atoms with E-state index in [4.69, 9.17) is 27.9 Å². The number of benzene rings is 2. The summed E-state index contributed by atoms with van der Waals surface area (Å²) in [7, 11) is 1.57.